The summed E-state index contributed by atoms with van der Waals surface area (Å²) in [7, 11) is -0.0722. The lowest BCUT2D eigenvalue weighted by atomic mass is 9.85. The molecule has 3 heterocycles. The Morgan fingerprint density at radius 2 is 2.00 bits per heavy atom. The van der Waals surface area contributed by atoms with Crippen molar-refractivity contribution in [2.24, 2.45) is 18.0 Å². The van der Waals surface area contributed by atoms with E-state index in [1.54, 1.807) is 29.2 Å². The number of benzene rings is 1. The molecule has 0 atom stereocenters. The summed E-state index contributed by atoms with van der Waals surface area (Å²) in [5.74, 6) is 1.15. The van der Waals surface area contributed by atoms with E-state index < -0.39 is 10.0 Å². The Kier molecular flexibility index (Phi) is 4.77. The standard InChI is InChI=1S/C19H24N4O3S/c1-22-12-18(21-13-22)27(24,25)23-9-6-14(7-10-23)19-17-4-3-16(26-2)11-15(17)5-8-20-19/h3-4,11-14H,5-10H2,1-2H3. The van der Waals surface area contributed by atoms with E-state index in [4.69, 9.17) is 9.73 Å². The molecule has 1 fully saturated rings. The molecule has 0 spiro atoms. The number of methoxy groups -OCH3 is 1. The monoisotopic (exact) mass is 388 g/mol. The first-order valence-electron chi connectivity index (χ1n) is 9.19. The summed E-state index contributed by atoms with van der Waals surface area (Å²) in [6, 6.07) is 6.15. The molecule has 0 N–H and O–H groups in total. The molecule has 4 rings (SSSR count). The lowest BCUT2D eigenvalue weighted by molar-refractivity contribution is 0.315. The third kappa shape index (κ3) is 3.39. The second-order valence-electron chi connectivity index (χ2n) is 7.10. The van der Waals surface area contributed by atoms with E-state index in [0.717, 1.165) is 37.3 Å². The number of hydrogen-bond acceptors (Lipinski definition) is 5. The summed E-state index contributed by atoms with van der Waals surface area (Å²) < 4.78 is 34.1. The minimum absolute atomic E-state index is 0.121. The number of aryl methyl sites for hydroxylation is 1. The van der Waals surface area contributed by atoms with Crippen molar-refractivity contribution < 1.29 is 13.2 Å². The van der Waals surface area contributed by atoms with Crippen LogP contribution in [0.2, 0.25) is 0 Å². The van der Waals surface area contributed by atoms with Crippen molar-refractivity contribution >= 4 is 15.7 Å². The summed E-state index contributed by atoms with van der Waals surface area (Å²) in [5.41, 5.74) is 3.57. The van der Waals surface area contributed by atoms with Crippen LogP contribution >= 0.6 is 0 Å². The van der Waals surface area contributed by atoms with Gasteiger partial charge in [-0.3, -0.25) is 4.99 Å². The van der Waals surface area contributed by atoms with Crippen LogP contribution in [-0.4, -0.2) is 54.7 Å². The van der Waals surface area contributed by atoms with Gasteiger partial charge in [0.25, 0.3) is 10.0 Å². The Bertz CT molecular complexity index is 973. The van der Waals surface area contributed by atoms with Crippen molar-refractivity contribution in [2.45, 2.75) is 24.3 Å². The zero-order valence-corrected chi connectivity index (χ0v) is 16.4. The Hall–Kier alpha value is -2.19. The minimum Gasteiger partial charge on any atom is -0.497 e. The molecule has 0 saturated carbocycles. The number of fused-ring (bicyclic) bond motifs is 1. The van der Waals surface area contributed by atoms with E-state index in [-0.39, 0.29) is 10.9 Å². The molecule has 8 heteroatoms. The fraction of sp³-hybridized carbons (Fsp3) is 0.474. The van der Waals surface area contributed by atoms with Gasteiger partial charge in [-0.25, -0.2) is 13.4 Å². The Morgan fingerprint density at radius 3 is 2.67 bits per heavy atom. The SMILES string of the molecule is COc1ccc2c(c1)CCN=C2C1CCN(S(=O)(=O)c2cn(C)cn2)CC1. The van der Waals surface area contributed by atoms with Crippen molar-refractivity contribution in [3.8, 4) is 5.75 Å². The number of aliphatic imine (C=N–C) groups is 1. The van der Waals surface area contributed by atoms with Crippen molar-refractivity contribution in [3.05, 3.63) is 41.9 Å². The second kappa shape index (κ2) is 7.09. The van der Waals surface area contributed by atoms with Crippen LogP contribution in [-0.2, 0) is 23.5 Å². The molecule has 1 aromatic carbocycles. The number of piperidine rings is 1. The Balaban J connectivity index is 1.50. The van der Waals surface area contributed by atoms with Crippen LogP contribution in [0.1, 0.15) is 24.0 Å². The third-order valence-electron chi connectivity index (χ3n) is 5.38. The van der Waals surface area contributed by atoms with E-state index in [1.165, 1.54) is 17.5 Å². The number of ether oxygens (including phenoxy) is 1. The van der Waals surface area contributed by atoms with Gasteiger partial charge >= 0.3 is 0 Å². The predicted octanol–water partition coefficient (Wildman–Crippen LogP) is 1.87. The number of hydrogen-bond donors (Lipinski definition) is 0. The lowest BCUT2D eigenvalue weighted by Crippen LogP contribution is -2.41. The van der Waals surface area contributed by atoms with Crippen LogP contribution in [0.5, 0.6) is 5.75 Å². The molecule has 0 amide bonds. The number of sulfonamides is 1. The topological polar surface area (TPSA) is 76.8 Å². The lowest BCUT2D eigenvalue weighted by Gasteiger charge is -2.33. The van der Waals surface area contributed by atoms with Gasteiger partial charge in [0.05, 0.1) is 13.4 Å². The normalized spacial score (nSPS) is 18.8. The molecule has 0 radical (unpaired) electrons. The molecule has 0 bridgehead atoms. The van der Waals surface area contributed by atoms with Crippen molar-refractivity contribution in [2.75, 3.05) is 26.7 Å². The highest BCUT2D eigenvalue weighted by molar-refractivity contribution is 7.89. The summed E-state index contributed by atoms with van der Waals surface area (Å²) in [5, 5.41) is 0.121. The Morgan fingerprint density at radius 1 is 1.22 bits per heavy atom. The quantitative estimate of drug-likeness (QED) is 0.801. The zero-order chi connectivity index (χ0) is 19.0. The van der Waals surface area contributed by atoms with Crippen LogP contribution in [0, 0.1) is 5.92 Å². The minimum atomic E-state index is -3.52. The third-order valence-corrected chi connectivity index (χ3v) is 7.16. The second-order valence-corrected chi connectivity index (χ2v) is 8.98. The van der Waals surface area contributed by atoms with Crippen LogP contribution in [0.4, 0.5) is 0 Å². The largest absolute Gasteiger partial charge is 0.497 e. The number of rotatable bonds is 4. The van der Waals surface area contributed by atoms with Crippen LogP contribution in [0.15, 0.2) is 40.7 Å². The van der Waals surface area contributed by atoms with Gasteiger partial charge in [0.2, 0.25) is 0 Å². The molecule has 2 aliphatic heterocycles. The first-order valence-corrected chi connectivity index (χ1v) is 10.6. The molecule has 2 aromatic rings. The molecule has 27 heavy (non-hydrogen) atoms. The van der Waals surface area contributed by atoms with Gasteiger partial charge in [-0.1, -0.05) is 0 Å². The number of nitrogens with zero attached hydrogens (tertiary/aromatic N) is 4. The summed E-state index contributed by atoms with van der Waals surface area (Å²) in [4.78, 5) is 8.81. The summed E-state index contributed by atoms with van der Waals surface area (Å²) in [6.45, 7) is 1.77. The van der Waals surface area contributed by atoms with Gasteiger partial charge in [0.1, 0.15) is 5.75 Å². The fourth-order valence-electron chi connectivity index (χ4n) is 3.91. The molecule has 1 saturated heterocycles. The average molecular weight is 388 g/mol. The molecule has 2 aliphatic rings. The molecule has 144 valence electrons. The highest BCUT2D eigenvalue weighted by Gasteiger charge is 2.33. The number of aromatic nitrogens is 2. The van der Waals surface area contributed by atoms with Crippen LogP contribution in [0.3, 0.4) is 0 Å². The van der Waals surface area contributed by atoms with Crippen molar-refractivity contribution in [3.63, 3.8) is 0 Å². The average Bonchev–Trinajstić information content (AvgIpc) is 3.14. The van der Waals surface area contributed by atoms with Gasteiger partial charge < -0.3 is 9.30 Å². The molecule has 0 aliphatic carbocycles. The van der Waals surface area contributed by atoms with E-state index in [0.29, 0.717) is 13.1 Å². The van der Waals surface area contributed by atoms with E-state index >= 15 is 0 Å². The van der Waals surface area contributed by atoms with Gasteiger partial charge in [-0.15, -0.1) is 0 Å². The predicted molar refractivity (Wildman–Crippen MR) is 103 cm³/mol. The summed E-state index contributed by atoms with van der Waals surface area (Å²) in [6.07, 6.45) is 5.54. The highest BCUT2D eigenvalue weighted by Crippen LogP contribution is 2.30. The maximum absolute atomic E-state index is 12.8. The summed E-state index contributed by atoms with van der Waals surface area (Å²) >= 11 is 0. The molecule has 7 nitrogen and oxygen atoms in total. The van der Waals surface area contributed by atoms with E-state index in [1.807, 2.05) is 6.07 Å². The van der Waals surface area contributed by atoms with Crippen molar-refractivity contribution in [1.82, 2.24) is 13.9 Å². The molecule has 0 unspecified atom stereocenters. The van der Waals surface area contributed by atoms with E-state index in [9.17, 15) is 8.42 Å². The molecular formula is C19H24N4O3S. The first-order chi connectivity index (χ1) is 13.0. The van der Waals surface area contributed by atoms with Crippen LogP contribution in [0.25, 0.3) is 0 Å². The fourth-order valence-corrected chi connectivity index (χ4v) is 5.34. The van der Waals surface area contributed by atoms with Gasteiger partial charge in [0, 0.05) is 44.5 Å². The molecule has 1 aromatic heterocycles. The maximum Gasteiger partial charge on any atom is 0.262 e. The van der Waals surface area contributed by atoms with Gasteiger partial charge in [-0.2, -0.15) is 4.31 Å². The van der Waals surface area contributed by atoms with E-state index in [2.05, 4.69) is 17.1 Å². The first kappa shape index (κ1) is 18.2. The van der Waals surface area contributed by atoms with Crippen LogP contribution < -0.4 is 4.74 Å². The zero-order valence-electron chi connectivity index (χ0n) is 15.6. The maximum atomic E-state index is 12.8. The number of imidazole rings is 1. The Labute approximate surface area is 159 Å². The molecular weight excluding hydrogens is 364 g/mol. The smallest absolute Gasteiger partial charge is 0.262 e. The highest BCUT2D eigenvalue weighted by atomic mass is 32.2. The van der Waals surface area contributed by atoms with Crippen molar-refractivity contribution in [1.29, 1.82) is 0 Å². The van der Waals surface area contributed by atoms with Gasteiger partial charge in [-0.05, 0) is 48.6 Å². The van der Waals surface area contributed by atoms with Gasteiger partial charge in [0.15, 0.2) is 5.03 Å².